The summed E-state index contributed by atoms with van der Waals surface area (Å²) >= 11 is 0. The maximum Gasteiger partial charge on any atom is 0.426 e. The van der Waals surface area contributed by atoms with Crippen molar-refractivity contribution < 1.29 is 31.4 Å². The van der Waals surface area contributed by atoms with Crippen LogP contribution in [0, 0.1) is 29.6 Å². The van der Waals surface area contributed by atoms with Crippen LogP contribution in [-0.4, -0.2) is 23.1 Å². The van der Waals surface area contributed by atoms with Crippen LogP contribution in [0.1, 0.15) is 53.4 Å². The molecule has 4 atom stereocenters. The molecule has 4 unspecified atom stereocenters. The Bertz CT molecular complexity index is 373. The number of hydrogen-bond acceptors (Lipinski definition) is 1. The zero-order valence-electron chi connectivity index (χ0n) is 13.9. The normalized spacial score (nSPS) is 28.4. The van der Waals surface area contributed by atoms with E-state index in [9.17, 15) is 31.4 Å². The quantitative estimate of drug-likeness (QED) is 0.643. The molecule has 7 heteroatoms. The minimum atomic E-state index is -5.72. The first-order chi connectivity index (χ1) is 10.2. The van der Waals surface area contributed by atoms with E-state index in [1.807, 2.05) is 27.7 Å². The number of hydrogen-bond donors (Lipinski definition) is 1. The Morgan fingerprint density at radius 1 is 1.00 bits per heavy atom. The Labute approximate surface area is 133 Å². The minimum Gasteiger partial charge on any atom is -0.374 e. The predicted molar refractivity (Wildman–Crippen MR) is 75.7 cm³/mol. The van der Waals surface area contributed by atoms with E-state index in [1.165, 1.54) is 0 Å². The Hall–Kier alpha value is -0.460. The second kappa shape index (κ2) is 6.81. The van der Waals surface area contributed by atoms with Crippen molar-refractivity contribution in [3.05, 3.63) is 0 Å². The Morgan fingerprint density at radius 3 is 1.83 bits per heavy atom. The summed E-state index contributed by atoms with van der Waals surface area (Å²) in [6, 6.07) is 0. The molecule has 1 nitrogen and oxygen atoms in total. The summed E-state index contributed by atoms with van der Waals surface area (Å²) in [7, 11) is 0. The molecule has 1 N–H and O–H groups in total. The van der Waals surface area contributed by atoms with E-state index in [2.05, 4.69) is 0 Å². The van der Waals surface area contributed by atoms with Crippen molar-refractivity contribution in [2.75, 3.05) is 0 Å². The lowest BCUT2D eigenvalue weighted by molar-refractivity contribution is -0.373. The van der Waals surface area contributed by atoms with Crippen molar-refractivity contribution >= 4 is 0 Å². The summed E-state index contributed by atoms with van der Waals surface area (Å²) < 4.78 is 77.7. The molecule has 138 valence electrons. The molecule has 23 heavy (non-hydrogen) atoms. The molecular weight excluding hydrogens is 322 g/mol. The molecule has 1 aliphatic carbocycles. The van der Waals surface area contributed by atoms with Crippen LogP contribution in [0.25, 0.3) is 0 Å². The van der Waals surface area contributed by atoms with Gasteiger partial charge in [-0.3, -0.25) is 0 Å². The first-order valence-electron chi connectivity index (χ1n) is 8.10. The van der Waals surface area contributed by atoms with Crippen LogP contribution >= 0.6 is 0 Å². The van der Waals surface area contributed by atoms with Crippen molar-refractivity contribution in [1.82, 2.24) is 0 Å². The average molecular weight is 348 g/mol. The van der Waals surface area contributed by atoms with Crippen LogP contribution in [0.5, 0.6) is 0 Å². The van der Waals surface area contributed by atoms with Crippen LogP contribution in [0.15, 0.2) is 0 Å². The van der Waals surface area contributed by atoms with E-state index in [4.69, 9.17) is 0 Å². The molecule has 0 amide bonds. The number of aliphatic hydroxyl groups is 1. The van der Waals surface area contributed by atoms with Crippen molar-refractivity contribution in [3.63, 3.8) is 0 Å². The smallest absolute Gasteiger partial charge is 0.374 e. The maximum atomic E-state index is 12.9. The SMILES string of the molecule is CCC(C(C)C)C1CC(C)CC1CC(O)(C(F)(F)F)C(F)(F)F. The zero-order chi connectivity index (χ0) is 18.2. The standard InChI is InChI=1S/C16H26F6O/c1-5-12(9(2)3)13-7-10(4)6-11(13)8-14(23,15(17,18)19)16(20,21)22/h9-13,23H,5-8H2,1-4H3. The molecule has 1 fully saturated rings. The number of rotatable bonds is 5. The summed E-state index contributed by atoms with van der Waals surface area (Å²) in [6.45, 7) is 7.63. The van der Waals surface area contributed by atoms with Crippen molar-refractivity contribution in [2.24, 2.45) is 29.6 Å². The third-order valence-corrected chi connectivity index (χ3v) is 5.36. The Morgan fingerprint density at radius 2 is 1.48 bits per heavy atom. The lowest BCUT2D eigenvalue weighted by Crippen LogP contribution is -2.58. The van der Waals surface area contributed by atoms with Gasteiger partial charge in [-0.25, -0.2) is 0 Å². The van der Waals surface area contributed by atoms with Gasteiger partial charge in [-0.1, -0.05) is 34.1 Å². The second-order valence-electron chi connectivity index (χ2n) is 7.38. The molecule has 0 aromatic carbocycles. The summed E-state index contributed by atoms with van der Waals surface area (Å²) in [5.74, 6) is -0.668. The van der Waals surface area contributed by atoms with Gasteiger partial charge in [0.2, 0.25) is 0 Å². The first-order valence-corrected chi connectivity index (χ1v) is 8.10. The number of halogens is 6. The van der Waals surface area contributed by atoms with Gasteiger partial charge in [0.25, 0.3) is 5.60 Å². The fraction of sp³-hybridized carbons (Fsp3) is 1.00. The summed E-state index contributed by atoms with van der Waals surface area (Å²) in [5, 5.41) is 9.49. The molecule has 0 spiro atoms. The summed E-state index contributed by atoms with van der Waals surface area (Å²) in [4.78, 5) is 0. The molecule has 0 saturated heterocycles. The van der Waals surface area contributed by atoms with Gasteiger partial charge < -0.3 is 5.11 Å². The highest BCUT2D eigenvalue weighted by Crippen LogP contribution is 2.53. The van der Waals surface area contributed by atoms with Gasteiger partial charge in [-0.15, -0.1) is 0 Å². The minimum absolute atomic E-state index is 0.0654. The lowest BCUT2D eigenvalue weighted by atomic mass is 9.72. The highest BCUT2D eigenvalue weighted by atomic mass is 19.4. The van der Waals surface area contributed by atoms with Crippen LogP contribution in [0.2, 0.25) is 0 Å². The molecule has 0 aromatic rings. The molecule has 0 radical (unpaired) electrons. The third kappa shape index (κ3) is 4.15. The molecule has 0 heterocycles. The van der Waals surface area contributed by atoms with Gasteiger partial charge in [-0.2, -0.15) is 26.3 Å². The van der Waals surface area contributed by atoms with E-state index in [-0.39, 0.29) is 23.7 Å². The van der Waals surface area contributed by atoms with E-state index in [0.29, 0.717) is 19.3 Å². The Kier molecular flexibility index (Phi) is 6.09. The molecule has 1 rings (SSSR count). The summed E-state index contributed by atoms with van der Waals surface area (Å²) in [6.07, 6.45) is -11.1. The molecular formula is C16H26F6O. The largest absolute Gasteiger partial charge is 0.426 e. The highest BCUT2D eigenvalue weighted by Gasteiger charge is 2.71. The molecule has 0 bridgehead atoms. The van der Waals surface area contributed by atoms with Crippen LogP contribution in [-0.2, 0) is 0 Å². The highest BCUT2D eigenvalue weighted by molar-refractivity contribution is 4.99. The lowest BCUT2D eigenvalue weighted by Gasteiger charge is -2.38. The van der Waals surface area contributed by atoms with Gasteiger partial charge in [-0.05, 0) is 48.9 Å². The van der Waals surface area contributed by atoms with Gasteiger partial charge >= 0.3 is 12.4 Å². The van der Waals surface area contributed by atoms with Crippen LogP contribution in [0.4, 0.5) is 26.3 Å². The van der Waals surface area contributed by atoms with Gasteiger partial charge in [0.1, 0.15) is 0 Å². The van der Waals surface area contributed by atoms with E-state index >= 15 is 0 Å². The molecule has 0 aliphatic heterocycles. The topological polar surface area (TPSA) is 20.2 Å². The van der Waals surface area contributed by atoms with Crippen molar-refractivity contribution in [2.45, 2.75) is 71.3 Å². The third-order valence-electron chi connectivity index (χ3n) is 5.36. The van der Waals surface area contributed by atoms with Crippen LogP contribution < -0.4 is 0 Å². The van der Waals surface area contributed by atoms with E-state index in [1.54, 1.807) is 0 Å². The van der Waals surface area contributed by atoms with E-state index < -0.39 is 30.3 Å². The fourth-order valence-electron chi connectivity index (χ4n) is 4.24. The second-order valence-corrected chi connectivity index (χ2v) is 7.38. The molecule has 1 aliphatic rings. The summed E-state index contributed by atoms with van der Waals surface area (Å²) in [5.41, 5.74) is -4.62. The first kappa shape index (κ1) is 20.6. The molecule has 1 saturated carbocycles. The molecule has 0 aromatic heterocycles. The van der Waals surface area contributed by atoms with Crippen molar-refractivity contribution in [3.8, 4) is 0 Å². The van der Waals surface area contributed by atoms with Crippen LogP contribution in [0.3, 0.4) is 0 Å². The number of alkyl halides is 6. The van der Waals surface area contributed by atoms with Gasteiger partial charge in [0.05, 0.1) is 0 Å². The monoisotopic (exact) mass is 348 g/mol. The average Bonchev–Trinajstić information content (AvgIpc) is 2.67. The van der Waals surface area contributed by atoms with Gasteiger partial charge in [0, 0.05) is 0 Å². The van der Waals surface area contributed by atoms with Crippen molar-refractivity contribution in [1.29, 1.82) is 0 Å². The predicted octanol–water partition coefficient (Wildman–Crippen LogP) is 5.58. The van der Waals surface area contributed by atoms with E-state index in [0.717, 1.165) is 0 Å². The van der Waals surface area contributed by atoms with Gasteiger partial charge in [0.15, 0.2) is 0 Å². The zero-order valence-corrected chi connectivity index (χ0v) is 13.9. The maximum absolute atomic E-state index is 12.9. The fourth-order valence-corrected chi connectivity index (χ4v) is 4.24. The Balaban J connectivity index is 3.11.